The third-order valence-corrected chi connectivity index (χ3v) is 6.92. The molecule has 0 fully saturated rings. The normalized spacial score (nSPS) is 14.8. The van der Waals surface area contributed by atoms with Gasteiger partial charge in [-0.05, 0) is 30.7 Å². The number of carboxylic acids is 2. The van der Waals surface area contributed by atoms with Gasteiger partial charge in [-0.15, -0.1) is 0 Å². The smallest absolute Gasteiger partial charge is 0.326 e. The summed E-state index contributed by atoms with van der Waals surface area (Å²) in [6, 6.07) is 3.40. The van der Waals surface area contributed by atoms with E-state index in [1.54, 1.807) is 0 Å². The summed E-state index contributed by atoms with van der Waals surface area (Å²) >= 11 is 0. The maximum atomic E-state index is 13.0. The number of carboxylic acid groups (broad SMARTS) is 2. The first kappa shape index (κ1) is 23.9. The third-order valence-electron chi connectivity index (χ3n) is 5.06. The first-order valence-electron chi connectivity index (χ1n) is 9.72. The van der Waals surface area contributed by atoms with Gasteiger partial charge in [-0.1, -0.05) is 0 Å². The minimum absolute atomic E-state index is 0.00404. The molecule has 1 aliphatic heterocycles. The largest absolute Gasteiger partial charge is 0.481 e. The van der Waals surface area contributed by atoms with Crippen LogP contribution in [0.5, 0.6) is 0 Å². The number of rotatable bonds is 8. The number of nitrogens with zero attached hydrogens (tertiary/aromatic N) is 2. The Morgan fingerprint density at radius 3 is 2.48 bits per heavy atom. The molecule has 1 aromatic carbocycles. The number of carbonyl (C=O) groups is 3. The second kappa shape index (κ2) is 9.38. The molecule has 1 aliphatic rings. The Labute approximate surface area is 187 Å². The number of anilines is 1. The van der Waals surface area contributed by atoms with Gasteiger partial charge in [0.25, 0.3) is 11.5 Å². The van der Waals surface area contributed by atoms with Crippen molar-refractivity contribution in [1.82, 2.24) is 19.6 Å². The van der Waals surface area contributed by atoms with E-state index in [1.165, 1.54) is 24.3 Å². The molecular weight excluding hydrogens is 458 g/mol. The molecule has 0 aliphatic carbocycles. The lowest BCUT2D eigenvalue weighted by atomic mass is 10.1. The first-order chi connectivity index (χ1) is 15.5. The van der Waals surface area contributed by atoms with E-state index in [9.17, 15) is 27.6 Å². The second-order valence-corrected chi connectivity index (χ2v) is 9.22. The van der Waals surface area contributed by atoms with Crippen LogP contribution >= 0.6 is 0 Å². The van der Waals surface area contributed by atoms with Gasteiger partial charge in [-0.2, -0.15) is 4.31 Å². The van der Waals surface area contributed by atoms with Gasteiger partial charge in [0.1, 0.15) is 6.04 Å². The Morgan fingerprint density at radius 1 is 1.21 bits per heavy atom. The highest BCUT2D eigenvalue weighted by atomic mass is 32.2. The summed E-state index contributed by atoms with van der Waals surface area (Å²) in [5.74, 6) is -3.43. The lowest BCUT2D eigenvalue weighted by molar-refractivity contribution is -0.140. The number of fused-ring (bicyclic) bond motifs is 1. The van der Waals surface area contributed by atoms with Crippen molar-refractivity contribution < 1.29 is 33.0 Å². The molecule has 0 radical (unpaired) electrons. The molecule has 1 amide bonds. The zero-order valence-electron chi connectivity index (χ0n) is 17.1. The standard InChI is InChI=1S/C19H21N5O8S/c20-19-22-13-7-8-24(9-12(13)17(28)23-19)33(31,32)11-3-1-10(2-4-11)16(27)21-14(18(29)30)5-6-15(25)26/h1-4,14H,5-9H2,(H,21,27)(H,25,26)(H,29,30)(H3,20,22,23,28)/t14-/m0/s1. The Balaban J connectivity index is 1.74. The molecule has 13 nitrogen and oxygen atoms in total. The predicted molar refractivity (Wildman–Crippen MR) is 113 cm³/mol. The molecule has 3 rings (SSSR count). The van der Waals surface area contributed by atoms with E-state index < -0.39 is 45.9 Å². The maximum Gasteiger partial charge on any atom is 0.326 e. The molecule has 2 aromatic rings. The fourth-order valence-electron chi connectivity index (χ4n) is 3.32. The lowest BCUT2D eigenvalue weighted by Crippen LogP contribution is -2.41. The number of H-pyrrole nitrogens is 1. The van der Waals surface area contributed by atoms with Gasteiger partial charge < -0.3 is 21.3 Å². The highest BCUT2D eigenvalue weighted by Crippen LogP contribution is 2.23. The van der Waals surface area contributed by atoms with Crippen LogP contribution in [0.3, 0.4) is 0 Å². The quantitative estimate of drug-likeness (QED) is 0.316. The molecule has 0 unspecified atom stereocenters. The van der Waals surface area contributed by atoms with E-state index in [1.807, 2.05) is 0 Å². The number of nitrogens with two attached hydrogens (primary N) is 1. The van der Waals surface area contributed by atoms with Crippen LogP contribution in [0.4, 0.5) is 5.95 Å². The van der Waals surface area contributed by atoms with Crippen molar-refractivity contribution in [3.63, 3.8) is 0 Å². The van der Waals surface area contributed by atoms with E-state index in [0.29, 0.717) is 5.69 Å². The fourth-order valence-corrected chi connectivity index (χ4v) is 4.73. The molecule has 0 spiro atoms. The summed E-state index contributed by atoms with van der Waals surface area (Å²) in [5, 5.41) is 20.1. The number of benzene rings is 1. The van der Waals surface area contributed by atoms with Gasteiger partial charge in [0.15, 0.2) is 0 Å². The molecule has 0 saturated carbocycles. The number of nitrogens with one attached hydrogen (secondary N) is 2. The number of hydrogen-bond acceptors (Lipinski definition) is 8. The Kier molecular flexibility index (Phi) is 6.78. The molecule has 0 bridgehead atoms. The fraction of sp³-hybridized carbons (Fsp3) is 0.316. The minimum atomic E-state index is -4.00. The maximum absolute atomic E-state index is 13.0. The van der Waals surface area contributed by atoms with Crippen LogP contribution in [-0.4, -0.2) is 63.3 Å². The van der Waals surface area contributed by atoms with Crippen molar-refractivity contribution in [2.45, 2.75) is 36.7 Å². The van der Waals surface area contributed by atoms with Crippen molar-refractivity contribution in [2.24, 2.45) is 0 Å². The summed E-state index contributed by atoms with van der Waals surface area (Å²) in [6.45, 7) is -0.107. The molecule has 176 valence electrons. The SMILES string of the molecule is Nc1nc2c(c(=O)[nH]1)CN(S(=O)(=O)c1ccc(C(=O)N[C@@H](CCC(=O)O)C(=O)O)cc1)CC2. The predicted octanol–water partition coefficient (Wildman–Crippen LogP) is -0.853. The monoisotopic (exact) mass is 479 g/mol. The molecule has 14 heteroatoms. The average molecular weight is 479 g/mol. The van der Waals surface area contributed by atoms with Crippen molar-refractivity contribution in [2.75, 3.05) is 12.3 Å². The number of aliphatic carboxylic acids is 2. The average Bonchev–Trinajstić information content (AvgIpc) is 2.75. The van der Waals surface area contributed by atoms with Crippen molar-refractivity contribution in [1.29, 1.82) is 0 Å². The number of sulfonamides is 1. The topological polar surface area (TPSA) is 213 Å². The second-order valence-electron chi connectivity index (χ2n) is 7.29. The zero-order chi connectivity index (χ0) is 24.3. The molecule has 1 atom stereocenters. The minimum Gasteiger partial charge on any atom is -0.481 e. The van der Waals surface area contributed by atoms with E-state index in [2.05, 4.69) is 15.3 Å². The number of aromatic amines is 1. The van der Waals surface area contributed by atoms with E-state index >= 15 is 0 Å². The van der Waals surface area contributed by atoms with Crippen LogP contribution in [0.15, 0.2) is 34.0 Å². The Hall–Kier alpha value is -3.78. The van der Waals surface area contributed by atoms with Gasteiger partial charge in [-0.3, -0.25) is 19.4 Å². The van der Waals surface area contributed by atoms with Crippen molar-refractivity contribution >= 4 is 33.8 Å². The van der Waals surface area contributed by atoms with Crippen molar-refractivity contribution in [3.05, 3.63) is 51.4 Å². The van der Waals surface area contributed by atoms with Crippen LogP contribution < -0.4 is 16.6 Å². The van der Waals surface area contributed by atoms with Crippen LogP contribution in [0.1, 0.15) is 34.5 Å². The Morgan fingerprint density at radius 2 is 1.88 bits per heavy atom. The summed E-state index contributed by atoms with van der Waals surface area (Å²) in [4.78, 5) is 52.6. The molecular formula is C19H21N5O8S. The lowest BCUT2D eigenvalue weighted by Gasteiger charge is -2.27. The van der Waals surface area contributed by atoms with Gasteiger partial charge in [0.05, 0.1) is 16.2 Å². The van der Waals surface area contributed by atoms with Crippen LogP contribution in [0, 0.1) is 0 Å². The number of amides is 1. The molecule has 6 N–H and O–H groups in total. The number of nitrogen functional groups attached to an aromatic ring is 1. The van der Waals surface area contributed by atoms with Gasteiger partial charge in [0, 0.05) is 31.5 Å². The zero-order valence-corrected chi connectivity index (χ0v) is 18.0. The third kappa shape index (κ3) is 5.35. The van der Waals surface area contributed by atoms with Gasteiger partial charge >= 0.3 is 11.9 Å². The van der Waals surface area contributed by atoms with E-state index in [-0.39, 0.29) is 47.9 Å². The molecule has 1 aromatic heterocycles. The van der Waals surface area contributed by atoms with Gasteiger partial charge in [-0.25, -0.2) is 18.2 Å². The van der Waals surface area contributed by atoms with E-state index in [4.69, 9.17) is 15.9 Å². The molecule has 2 heterocycles. The highest BCUT2D eigenvalue weighted by molar-refractivity contribution is 7.89. The highest BCUT2D eigenvalue weighted by Gasteiger charge is 2.31. The van der Waals surface area contributed by atoms with Crippen LogP contribution in [0.2, 0.25) is 0 Å². The molecule has 33 heavy (non-hydrogen) atoms. The van der Waals surface area contributed by atoms with Crippen LogP contribution in [0.25, 0.3) is 0 Å². The molecule has 0 saturated heterocycles. The number of hydrogen-bond donors (Lipinski definition) is 5. The first-order valence-corrected chi connectivity index (χ1v) is 11.2. The number of aromatic nitrogens is 2. The van der Waals surface area contributed by atoms with E-state index in [0.717, 1.165) is 4.31 Å². The van der Waals surface area contributed by atoms with Crippen LogP contribution in [-0.2, 0) is 32.6 Å². The van der Waals surface area contributed by atoms with Crippen molar-refractivity contribution in [3.8, 4) is 0 Å². The number of carbonyl (C=O) groups excluding carboxylic acids is 1. The summed E-state index contributed by atoms with van der Waals surface area (Å²) < 4.78 is 27.1. The van der Waals surface area contributed by atoms with Gasteiger partial charge in [0.2, 0.25) is 16.0 Å². The Bertz CT molecular complexity index is 1260. The summed E-state index contributed by atoms with van der Waals surface area (Å²) in [5.41, 5.74) is 5.64. The summed E-state index contributed by atoms with van der Waals surface area (Å²) in [6.07, 6.45) is -0.548. The summed E-state index contributed by atoms with van der Waals surface area (Å²) in [7, 11) is -4.00.